The van der Waals surface area contributed by atoms with Crippen LogP contribution in [-0.2, 0) is 6.42 Å². The van der Waals surface area contributed by atoms with Gasteiger partial charge in [-0.25, -0.2) is 0 Å². The Kier molecular flexibility index (Phi) is 5.43. The van der Waals surface area contributed by atoms with Crippen LogP contribution in [0.15, 0.2) is 72.8 Å². The molecule has 3 nitrogen and oxygen atoms in total. The fourth-order valence-corrected chi connectivity index (χ4v) is 3.62. The number of anilines is 2. The molecule has 28 heavy (non-hydrogen) atoms. The molecular formula is C25H25NO2. The molecule has 3 heteroatoms. The Balaban J connectivity index is 1.60. The lowest BCUT2D eigenvalue weighted by Gasteiger charge is -2.31. The third-order valence-corrected chi connectivity index (χ3v) is 5.16. The maximum atomic E-state index is 13.4. The summed E-state index contributed by atoms with van der Waals surface area (Å²) in [7, 11) is 0. The zero-order valence-corrected chi connectivity index (χ0v) is 16.2. The van der Waals surface area contributed by atoms with E-state index in [-0.39, 0.29) is 5.91 Å². The lowest BCUT2D eigenvalue weighted by Crippen LogP contribution is -2.28. The van der Waals surface area contributed by atoms with Crippen LogP contribution in [0.25, 0.3) is 0 Å². The molecule has 1 aliphatic rings. The molecule has 1 heterocycles. The summed E-state index contributed by atoms with van der Waals surface area (Å²) < 4.78 is 5.98. The van der Waals surface area contributed by atoms with E-state index in [0.29, 0.717) is 17.1 Å². The number of hydrogen-bond donors (Lipinski definition) is 0. The van der Waals surface area contributed by atoms with E-state index in [2.05, 4.69) is 19.1 Å². The summed E-state index contributed by atoms with van der Waals surface area (Å²) >= 11 is 0. The van der Waals surface area contributed by atoms with Crippen LogP contribution in [0.3, 0.4) is 0 Å². The summed E-state index contributed by atoms with van der Waals surface area (Å²) in [5, 5.41) is 0. The molecule has 3 aromatic carbocycles. The predicted molar refractivity (Wildman–Crippen MR) is 114 cm³/mol. The summed E-state index contributed by atoms with van der Waals surface area (Å²) in [4.78, 5) is 15.2. The topological polar surface area (TPSA) is 29.5 Å². The van der Waals surface area contributed by atoms with Crippen LogP contribution >= 0.6 is 0 Å². The Labute approximate surface area is 166 Å². The van der Waals surface area contributed by atoms with Crippen molar-refractivity contribution in [2.45, 2.75) is 39.0 Å². The molecule has 142 valence electrons. The fraction of sp³-hybridized carbons (Fsp3) is 0.240. The van der Waals surface area contributed by atoms with Gasteiger partial charge in [-0.1, -0.05) is 62.6 Å². The molecule has 0 fully saturated rings. The van der Waals surface area contributed by atoms with Gasteiger partial charge in [0.2, 0.25) is 0 Å². The second kappa shape index (κ2) is 8.30. The average molecular weight is 371 g/mol. The van der Waals surface area contributed by atoms with E-state index < -0.39 is 0 Å². The quantitative estimate of drug-likeness (QED) is 0.441. The minimum Gasteiger partial charge on any atom is -0.453 e. The van der Waals surface area contributed by atoms with Gasteiger partial charge in [0.25, 0.3) is 5.91 Å². The van der Waals surface area contributed by atoms with Gasteiger partial charge in [0.1, 0.15) is 0 Å². The lowest BCUT2D eigenvalue weighted by molar-refractivity contribution is 0.0997. The van der Waals surface area contributed by atoms with Gasteiger partial charge in [-0.05, 0) is 54.8 Å². The number of ether oxygens (including phenoxy) is 1. The van der Waals surface area contributed by atoms with Gasteiger partial charge in [-0.15, -0.1) is 0 Å². The van der Waals surface area contributed by atoms with Gasteiger partial charge in [0, 0.05) is 5.56 Å². The third kappa shape index (κ3) is 3.65. The van der Waals surface area contributed by atoms with E-state index in [1.54, 1.807) is 4.90 Å². The zero-order valence-electron chi connectivity index (χ0n) is 16.2. The lowest BCUT2D eigenvalue weighted by atomic mass is 10.0. The molecule has 0 aliphatic carbocycles. The van der Waals surface area contributed by atoms with Gasteiger partial charge < -0.3 is 4.74 Å². The number of hydrogen-bond acceptors (Lipinski definition) is 2. The van der Waals surface area contributed by atoms with Crippen LogP contribution in [0, 0.1) is 0 Å². The maximum absolute atomic E-state index is 13.4. The SMILES string of the molecule is CCCCCCc1ccc(C(=O)N2c3ccccc3Oc3ccccc32)cc1. The fourth-order valence-electron chi connectivity index (χ4n) is 3.62. The number of rotatable bonds is 6. The molecule has 0 radical (unpaired) electrons. The number of unbranched alkanes of at least 4 members (excludes halogenated alkanes) is 3. The molecular weight excluding hydrogens is 346 g/mol. The first-order valence-electron chi connectivity index (χ1n) is 10.1. The van der Waals surface area contributed by atoms with Crippen molar-refractivity contribution in [2.75, 3.05) is 4.90 Å². The largest absolute Gasteiger partial charge is 0.453 e. The van der Waals surface area contributed by atoms with Crippen molar-refractivity contribution < 1.29 is 9.53 Å². The van der Waals surface area contributed by atoms with Gasteiger partial charge in [-0.3, -0.25) is 9.69 Å². The van der Waals surface area contributed by atoms with Gasteiger partial charge in [-0.2, -0.15) is 0 Å². The standard InChI is InChI=1S/C25H25NO2/c1-2-3-4-5-10-19-15-17-20(18-16-19)25(27)26-21-11-6-8-13-23(21)28-24-14-9-7-12-22(24)26/h6-9,11-18H,2-5,10H2,1H3. The molecule has 0 saturated carbocycles. The number of nitrogens with zero attached hydrogens (tertiary/aromatic N) is 1. The van der Waals surface area contributed by atoms with Crippen molar-refractivity contribution in [2.24, 2.45) is 0 Å². The molecule has 0 N–H and O–H groups in total. The maximum Gasteiger partial charge on any atom is 0.263 e. The van der Waals surface area contributed by atoms with Crippen LogP contribution in [0.5, 0.6) is 11.5 Å². The van der Waals surface area contributed by atoms with Gasteiger partial charge in [0.15, 0.2) is 11.5 Å². The minimum absolute atomic E-state index is 0.0410. The van der Waals surface area contributed by atoms with Gasteiger partial charge in [0.05, 0.1) is 11.4 Å². The highest BCUT2D eigenvalue weighted by Gasteiger charge is 2.29. The van der Waals surface area contributed by atoms with E-state index in [1.807, 2.05) is 60.7 Å². The van der Waals surface area contributed by atoms with Gasteiger partial charge >= 0.3 is 0 Å². The van der Waals surface area contributed by atoms with Crippen LogP contribution in [0.4, 0.5) is 11.4 Å². The summed E-state index contributed by atoms with van der Waals surface area (Å²) in [6.07, 6.45) is 6.06. The van der Waals surface area contributed by atoms with Crippen molar-refractivity contribution in [3.05, 3.63) is 83.9 Å². The van der Waals surface area contributed by atoms with Crippen molar-refractivity contribution in [1.82, 2.24) is 0 Å². The summed E-state index contributed by atoms with van der Waals surface area (Å²) in [5.74, 6) is 1.35. The van der Waals surface area contributed by atoms with E-state index >= 15 is 0 Å². The second-order valence-electron chi connectivity index (χ2n) is 7.19. The summed E-state index contributed by atoms with van der Waals surface area (Å²) in [5.41, 5.74) is 3.52. The summed E-state index contributed by atoms with van der Waals surface area (Å²) in [6, 6.07) is 23.4. The molecule has 1 amide bonds. The number of amides is 1. The van der Waals surface area contributed by atoms with Crippen LogP contribution in [-0.4, -0.2) is 5.91 Å². The number of fused-ring (bicyclic) bond motifs is 2. The molecule has 0 atom stereocenters. The first-order valence-corrected chi connectivity index (χ1v) is 10.1. The van der Waals surface area contributed by atoms with E-state index in [4.69, 9.17) is 4.74 Å². The Hall–Kier alpha value is -3.07. The molecule has 0 unspecified atom stereocenters. The molecule has 1 aliphatic heterocycles. The van der Waals surface area contributed by atoms with E-state index in [1.165, 1.54) is 31.2 Å². The highest BCUT2D eigenvalue weighted by atomic mass is 16.5. The average Bonchev–Trinajstić information content (AvgIpc) is 2.75. The first-order chi connectivity index (χ1) is 13.8. The van der Waals surface area contributed by atoms with Crippen molar-refractivity contribution in [3.63, 3.8) is 0 Å². The Morgan fingerprint density at radius 3 is 2.00 bits per heavy atom. The molecule has 0 spiro atoms. The number of carbonyl (C=O) groups is 1. The van der Waals surface area contributed by atoms with E-state index in [0.717, 1.165) is 17.8 Å². The minimum atomic E-state index is -0.0410. The number of carbonyl (C=O) groups excluding carboxylic acids is 1. The number of aryl methyl sites for hydroxylation is 1. The summed E-state index contributed by atoms with van der Waals surface area (Å²) in [6.45, 7) is 2.22. The normalized spacial score (nSPS) is 12.1. The Morgan fingerprint density at radius 1 is 0.786 bits per heavy atom. The van der Waals surface area contributed by atoms with E-state index in [9.17, 15) is 4.79 Å². The van der Waals surface area contributed by atoms with Crippen LogP contribution in [0.1, 0.15) is 48.5 Å². The molecule has 3 aromatic rings. The second-order valence-corrected chi connectivity index (χ2v) is 7.19. The zero-order chi connectivity index (χ0) is 19.3. The Morgan fingerprint density at radius 2 is 1.39 bits per heavy atom. The van der Waals surface area contributed by atoms with Crippen molar-refractivity contribution in [1.29, 1.82) is 0 Å². The first kappa shape index (κ1) is 18.3. The van der Waals surface area contributed by atoms with Crippen molar-refractivity contribution >= 4 is 17.3 Å². The third-order valence-electron chi connectivity index (χ3n) is 5.16. The number of para-hydroxylation sites is 4. The monoisotopic (exact) mass is 371 g/mol. The molecule has 0 bridgehead atoms. The molecule has 0 saturated heterocycles. The smallest absolute Gasteiger partial charge is 0.263 e. The highest BCUT2D eigenvalue weighted by molar-refractivity contribution is 6.13. The van der Waals surface area contributed by atoms with Crippen LogP contribution in [0.2, 0.25) is 0 Å². The highest BCUT2D eigenvalue weighted by Crippen LogP contribution is 2.46. The molecule has 4 rings (SSSR count). The Bertz CT molecular complexity index is 917. The molecule has 0 aromatic heterocycles. The van der Waals surface area contributed by atoms with Crippen LogP contribution < -0.4 is 9.64 Å². The predicted octanol–water partition coefficient (Wildman–Crippen LogP) is 6.89. The number of benzene rings is 3. The van der Waals surface area contributed by atoms with Crippen molar-refractivity contribution in [3.8, 4) is 11.5 Å².